The second-order valence-corrected chi connectivity index (χ2v) is 4.10. The minimum Gasteiger partial charge on any atom is -0.409 e. The molecule has 106 valence electrons. The molecule has 1 aromatic heterocycles. The summed E-state index contributed by atoms with van der Waals surface area (Å²) in [7, 11) is 0. The van der Waals surface area contributed by atoms with Gasteiger partial charge in [-0.25, -0.2) is 9.97 Å². The highest BCUT2D eigenvalue weighted by Gasteiger charge is 2.21. The van der Waals surface area contributed by atoms with Gasteiger partial charge in [0.05, 0.1) is 6.61 Å². The first-order chi connectivity index (χ1) is 9.19. The molecule has 0 aliphatic carbocycles. The number of nitrogens with two attached hydrogens (primary N) is 1. The smallest absolute Gasteiger partial charge is 0.192 e. The van der Waals surface area contributed by atoms with E-state index in [1.54, 1.807) is 6.20 Å². The number of rotatable bonds is 7. The molecule has 0 fully saturated rings. The zero-order valence-corrected chi connectivity index (χ0v) is 11.3. The van der Waals surface area contributed by atoms with E-state index >= 15 is 0 Å². The summed E-state index contributed by atoms with van der Waals surface area (Å²) in [4.78, 5) is 10.3. The van der Waals surface area contributed by atoms with Crippen LogP contribution in [-0.2, 0) is 0 Å². The lowest BCUT2D eigenvalue weighted by Gasteiger charge is -2.31. The van der Waals surface area contributed by atoms with Crippen LogP contribution in [0.2, 0.25) is 0 Å². The van der Waals surface area contributed by atoms with Crippen molar-refractivity contribution in [2.45, 2.75) is 32.7 Å². The number of aromatic nitrogens is 2. The van der Waals surface area contributed by atoms with E-state index in [2.05, 4.69) is 29.0 Å². The zero-order valence-electron chi connectivity index (χ0n) is 11.3. The van der Waals surface area contributed by atoms with Crippen LogP contribution in [0.3, 0.4) is 0 Å². The minimum absolute atomic E-state index is 0.00267. The van der Waals surface area contributed by atoms with Gasteiger partial charge in [0, 0.05) is 25.0 Å². The molecule has 0 amide bonds. The van der Waals surface area contributed by atoms with E-state index in [1.807, 2.05) is 4.90 Å². The topological polar surface area (TPSA) is 108 Å². The Labute approximate surface area is 112 Å². The number of aliphatic hydroxyl groups excluding tert-OH is 1. The highest BCUT2D eigenvalue weighted by Crippen LogP contribution is 2.20. The fourth-order valence-corrected chi connectivity index (χ4v) is 2.07. The Balaban J connectivity index is 3.22. The quantitative estimate of drug-likeness (QED) is 0.288. The van der Waals surface area contributed by atoms with Crippen molar-refractivity contribution in [3.63, 3.8) is 0 Å². The molecule has 0 radical (unpaired) electrons. The predicted octanol–water partition coefficient (Wildman–Crippen LogP) is 0.558. The third-order valence-electron chi connectivity index (χ3n) is 3.03. The van der Waals surface area contributed by atoms with Gasteiger partial charge >= 0.3 is 0 Å². The molecule has 0 aliphatic heterocycles. The molecular formula is C12H21N5O2. The summed E-state index contributed by atoms with van der Waals surface area (Å²) in [6.07, 6.45) is 4.85. The SMILES string of the molecule is CCC(CC)N(CCO)c1nccnc1C(N)=NO. The summed E-state index contributed by atoms with van der Waals surface area (Å²) in [6, 6.07) is 0.217. The summed E-state index contributed by atoms with van der Waals surface area (Å²) in [5.41, 5.74) is 5.94. The maximum atomic E-state index is 9.22. The summed E-state index contributed by atoms with van der Waals surface area (Å²) in [5.74, 6) is 0.442. The van der Waals surface area contributed by atoms with Gasteiger partial charge in [-0.2, -0.15) is 0 Å². The molecule has 0 saturated heterocycles. The van der Waals surface area contributed by atoms with Crippen LogP contribution in [0.1, 0.15) is 32.4 Å². The predicted molar refractivity (Wildman–Crippen MR) is 73.3 cm³/mol. The van der Waals surface area contributed by atoms with Crippen molar-refractivity contribution in [2.75, 3.05) is 18.1 Å². The van der Waals surface area contributed by atoms with Crippen LogP contribution in [-0.4, -0.2) is 45.3 Å². The molecule has 4 N–H and O–H groups in total. The fourth-order valence-electron chi connectivity index (χ4n) is 2.07. The van der Waals surface area contributed by atoms with Crippen LogP contribution in [0.4, 0.5) is 5.82 Å². The van der Waals surface area contributed by atoms with E-state index < -0.39 is 0 Å². The molecule has 0 atom stereocenters. The first-order valence-electron chi connectivity index (χ1n) is 6.35. The first kappa shape index (κ1) is 15.2. The number of hydrogen-bond acceptors (Lipinski definition) is 6. The van der Waals surface area contributed by atoms with Crippen LogP contribution in [0.5, 0.6) is 0 Å². The van der Waals surface area contributed by atoms with Gasteiger partial charge in [0.15, 0.2) is 17.3 Å². The van der Waals surface area contributed by atoms with Gasteiger partial charge in [-0.1, -0.05) is 19.0 Å². The monoisotopic (exact) mass is 267 g/mol. The molecule has 1 rings (SSSR count). The molecule has 0 unspecified atom stereocenters. The average Bonchev–Trinajstić information content (AvgIpc) is 2.46. The molecule has 0 saturated carbocycles. The van der Waals surface area contributed by atoms with Crippen molar-refractivity contribution < 1.29 is 10.3 Å². The largest absolute Gasteiger partial charge is 0.409 e. The average molecular weight is 267 g/mol. The molecular weight excluding hydrogens is 246 g/mol. The summed E-state index contributed by atoms with van der Waals surface area (Å²) in [6.45, 7) is 4.57. The van der Waals surface area contributed by atoms with E-state index in [4.69, 9.17) is 10.9 Å². The Morgan fingerprint density at radius 3 is 2.53 bits per heavy atom. The van der Waals surface area contributed by atoms with Crippen LogP contribution < -0.4 is 10.6 Å². The molecule has 19 heavy (non-hydrogen) atoms. The molecule has 7 nitrogen and oxygen atoms in total. The van der Waals surface area contributed by atoms with Crippen LogP contribution in [0.15, 0.2) is 17.5 Å². The number of hydrogen-bond donors (Lipinski definition) is 3. The third kappa shape index (κ3) is 3.54. The normalized spacial score (nSPS) is 11.9. The second-order valence-electron chi connectivity index (χ2n) is 4.10. The molecule has 0 aromatic carbocycles. The van der Waals surface area contributed by atoms with Crippen LogP contribution >= 0.6 is 0 Å². The highest BCUT2D eigenvalue weighted by molar-refractivity contribution is 5.99. The van der Waals surface area contributed by atoms with Gasteiger partial charge in [-0.15, -0.1) is 0 Å². The van der Waals surface area contributed by atoms with Crippen molar-refractivity contribution in [1.29, 1.82) is 0 Å². The molecule has 1 heterocycles. The van der Waals surface area contributed by atoms with E-state index in [0.717, 1.165) is 12.8 Å². The lowest BCUT2D eigenvalue weighted by atomic mass is 10.1. The van der Waals surface area contributed by atoms with E-state index in [0.29, 0.717) is 18.1 Å². The summed E-state index contributed by atoms with van der Waals surface area (Å²) < 4.78 is 0. The summed E-state index contributed by atoms with van der Waals surface area (Å²) in [5, 5.41) is 21.0. The van der Waals surface area contributed by atoms with Crippen molar-refractivity contribution in [3.05, 3.63) is 18.1 Å². The fraction of sp³-hybridized carbons (Fsp3) is 0.583. The Kier molecular flexibility index (Phi) is 6.01. The van der Waals surface area contributed by atoms with Crippen molar-refractivity contribution in [1.82, 2.24) is 9.97 Å². The van der Waals surface area contributed by atoms with Crippen molar-refractivity contribution in [2.24, 2.45) is 10.9 Å². The number of nitrogens with zero attached hydrogens (tertiary/aromatic N) is 4. The Morgan fingerprint density at radius 1 is 1.37 bits per heavy atom. The Morgan fingerprint density at radius 2 is 2.00 bits per heavy atom. The lowest BCUT2D eigenvalue weighted by Crippen LogP contribution is -2.39. The molecule has 0 spiro atoms. The van der Waals surface area contributed by atoms with Crippen LogP contribution in [0, 0.1) is 0 Å². The maximum Gasteiger partial charge on any atom is 0.192 e. The zero-order chi connectivity index (χ0) is 14.3. The third-order valence-corrected chi connectivity index (χ3v) is 3.03. The summed E-state index contributed by atoms with van der Waals surface area (Å²) >= 11 is 0. The standard InChI is InChI=1S/C12H21N5O2/c1-3-9(4-2)17(7-8-18)12-10(11(13)16-19)14-5-6-15-12/h5-6,9,18-19H,3-4,7-8H2,1-2H3,(H2,13,16). The minimum atomic E-state index is -0.0861. The molecule has 0 aliphatic rings. The lowest BCUT2D eigenvalue weighted by molar-refractivity contribution is 0.295. The van der Waals surface area contributed by atoms with Gasteiger partial charge < -0.3 is 20.9 Å². The first-order valence-corrected chi connectivity index (χ1v) is 6.35. The van der Waals surface area contributed by atoms with Gasteiger partial charge in [-0.05, 0) is 12.8 Å². The molecule has 7 heteroatoms. The van der Waals surface area contributed by atoms with E-state index in [9.17, 15) is 5.11 Å². The van der Waals surface area contributed by atoms with E-state index in [-0.39, 0.29) is 18.5 Å². The van der Waals surface area contributed by atoms with Crippen LogP contribution in [0.25, 0.3) is 0 Å². The maximum absolute atomic E-state index is 9.22. The molecule has 1 aromatic rings. The number of aliphatic hydroxyl groups is 1. The number of oxime groups is 1. The number of anilines is 1. The van der Waals surface area contributed by atoms with Gasteiger partial charge in [-0.3, -0.25) is 0 Å². The van der Waals surface area contributed by atoms with Crippen molar-refractivity contribution >= 4 is 11.7 Å². The van der Waals surface area contributed by atoms with Crippen molar-refractivity contribution in [3.8, 4) is 0 Å². The van der Waals surface area contributed by atoms with Gasteiger partial charge in [0.25, 0.3) is 0 Å². The molecule has 0 bridgehead atoms. The van der Waals surface area contributed by atoms with Gasteiger partial charge in [0.1, 0.15) is 0 Å². The second kappa shape index (κ2) is 7.52. The Hall–Kier alpha value is -1.89. The number of amidine groups is 1. The van der Waals surface area contributed by atoms with E-state index in [1.165, 1.54) is 6.20 Å². The highest BCUT2D eigenvalue weighted by atomic mass is 16.4. The van der Waals surface area contributed by atoms with Gasteiger partial charge in [0.2, 0.25) is 0 Å². The Bertz CT molecular complexity index is 420.